The molecule has 0 aromatic heterocycles. The molecule has 1 atom stereocenters. The van der Waals surface area contributed by atoms with Gasteiger partial charge in [-0.1, -0.05) is 18.6 Å². The lowest BCUT2D eigenvalue weighted by molar-refractivity contribution is -0.133. The van der Waals surface area contributed by atoms with Crippen LogP contribution in [0.15, 0.2) is 11.6 Å². The number of hydrogen-bond donors (Lipinski definition) is 0. The van der Waals surface area contributed by atoms with Gasteiger partial charge in [0.2, 0.25) is 11.8 Å². The number of piperidine rings is 1. The predicted molar refractivity (Wildman–Crippen MR) is 93.0 cm³/mol. The Morgan fingerprint density at radius 2 is 2.04 bits per heavy atom. The maximum atomic E-state index is 12.4. The Morgan fingerprint density at radius 1 is 1.26 bits per heavy atom. The third-order valence-electron chi connectivity index (χ3n) is 5.18. The lowest BCUT2D eigenvalue weighted by atomic mass is 9.82. The summed E-state index contributed by atoms with van der Waals surface area (Å²) >= 11 is 0. The molecule has 1 aliphatic carbocycles. The quantitative estimate of drug-likeness (QED) is 0.533. The van der Waals surface area contributed by atoms with E-state index < -0.39 is 0 Å². The number of carbonyl (C=O) groups is 2. The molecular formula is C19H32N2O2. The van der Waals surface area contributed by atoms with E-state index in [4.69, 9.17) is 0 Å². The van der Waals surface area contributed by atoms with Gasteiger partial charge in [0, 0.05) is 39.5 Å². The number of allylic oxidation sites excluding steroid dienone is 1. The fourth-order valence-electron chi connectivity index (χ4n) is 3.71. The number of carbonyl (C=O) groups excluding carboxylic acids is 2. The summed E-state index contributed by atoms with van der Waals surface area (Å²) in [5.41, 5.74) is 1.49. The van der Waals surface area contributed by atoms with Crippen LogP contribution in [0.1, 0.15) is 64.7 Å². The molecule has 4 nitrogen and oxygen atoms in total. The molecule has 1 unspecified atom stereocenters. The monoisotopic (exact) mass is 320 g/mol. The van der Waals surface area contributed by atoms with Crippen molar-refractivity contribution in [3.63, 3.8) is 0 Å². The zero-order valence-corrected chi connectivity index (χ0v) is 14.9. The first kappa shape index (κ1) is 18.0. The summed E-state index contributed by atoms with van der Waals surface area (Å²) in [7, 11) is 1.86. The molecule has 130 valence electrons. The van der Waals surface area contributed by atoms with Crippen molar-refractivity contribution in [3.05, 3.63) is 11.6 Å². The predicted octanol–water partition coefficient (Wildman–Crippen LogP) is 3.37. The summed E-state index contributed by atoms with van der Waals surface area (Å²) in [6, 6.07) is 0. The Labute approximate surface area is 140 Å². The van der Waals surface area contributed by atoms with E-state index >= 15 is 0 Å². The lowest BCUT2D eigenvalue weighted by Gasteiger charge is -2.36. The molecule has 2 aliphatic rings. The van der Waals surface area contributed by atoms with Gasteiger partial charge in [0.05, 0.1) is 0 Å². The number of nitrogens with zero attached hydrogens (tertiary/aromatic N) is 2. The lowest BCUT2D eigenvalue weighted by Crippen LogP contribution is -2.40. The van der Waals surface area contributed by atoms with Gasteiger partial charge in [0.15, 0.2) is 0 Å². The van der Waals surface area contributed by atoms with Crippen LogP contribution in [0.2, 0.25) is 0 Å². The molecule has 2 rings (SSSR count). The van der Waals surface area contributed by atoms with Crippen molar-refractivity contribution in [2.45, 2.75) is 64.7 Å². The number of rotatable bonds is 7. The SMILES string of the molecule is CCCN(C)C(=O)CCCCC(=O)N1CCC2CCCC=C2C1. The average Bonchev–Trinajstić information content (AvgIpc) is 2.58. The van der Waals surface area contributed by atoms with E-state index in [9.17, 15) is 9.59 Å². The molecule has 0 saturated carbocycles. The largest absolute Gasteiger partial charge is 0.346 e. The van der Waals surface area contributed by atoms with Crippen molar-refractivity contribution in [2.24, 2.45) is 5.92 Å². The van der Waals surface area contributed by atoms with Gasteiger partial charge in [0.1, 0.15) is 0 Å². The van der Waals surface area contributed by atoms with Crippen molar-refractivity contribution in [1.29, 1.82) is 0 Å². The molecule has 1 aliphatic heterocycles. The highest BCUT2D eigenvalue weighted by molar-refractivity contribution is 5.77. The van der Waals surface area contributed by atoms with Gasteiger partial charge in [-0.25, -0.2) is 0 Å². The minimum absolute atomic E-state index is 0.201. The third-order valence-corrected chi connectivity index (χ3v) is 5.18. The molecule has 1 fully saturated rings. The number of amides is 2. The molecule has 0 bridgehead atoms. The van der Waals surface area contributed by atoms with E-state index in [-0.39, 0.29) is 11.8 Å². The van der Waals surface area contributed by atoms with Crippen LogP contribution in [0.3, 0.4) is 0 Å². The molecule has 1 saturated heterocycles. The van der Waals surface area contributed by atoms with Crippen LogP contribution in [0.4, 0.5) is 0 Å². The maximum Gasteiger partial charge on any atom is 0.222 e. The molecule has 0 radical (unpaired) electrons. The summed E-state index contributed by atoms with van der Waals surface area (Å²) in [6.45, 7) is 4.66. The van der Waals surface area contributed by atoms with E-state index in [1.807, 2.05) is 11.9 Å². The summed E-state index contributed by atoms with van der Waals surface area (Å²) in [6.07, 6.45) is 11.1. The highest BCUT2D eigenvalue weighted by Crippen LogP contribution is 2.32. The molecule has 4 heteroatoms. The smallest absolute Gasteiger partial charge is 0.222 e. The van der Waals surface area contributed by atoms with Crippen molar-refractivity contribution in [1.82, 2.24) is 9.80 Å². The van der Waals surface area contributed by atoms with Crippen molar-refractivity contribution >= 4 is 11.8 Å². The van der Waals surface area contributed by atoms with Gasteiger partial charge in [-0.2, -0.15) is 0 Å². The summed E-state index contributed by atoms with van der Waals surface area (Å²) in [5, 5.41) is 0. The number of unbranched alkanes of at least 4 members (excludes halogenated alkanes) is 1. The zero-order chi connectivity index (χ0) is 16.7. The van der Waals surface area contributed by atoms with E-state index in [1.165, 1.54) is 24.8 Å². The van der Waals surface area contributed by atoms with Crippen LogP contribution in [0.5, 0.6) is 0 Å². The van der Waals surface area contributed by atoms with E-state index in [0.29, 0.717) is 12.8 Å². The van der Waals surface area contributed by atoms with Gasteiger partial charge in [0.25, 0.3) is 0 Å². The van der Waals surface area contributed by atoms with E-state index in [2.05, 4.69) is 13.0 Å². The third kappa shape index (κ3) is 5.36. The van der Waals surface area contributed by atoms with Crippen molar-refractivity contribution in [2.75, 3.05) is 26.7 Å². The molecule has 0 spiro atoms. The first-order valence-electron chi connectivity index (χ1n) is 9.32. The highest BCUT2D eigenvalue weighted by Gasteiger charge is 2.27. The molecule has 0 aromatic rings. The van der Waals surface area contributed by atoms with Crippen LogP contribution in [0.25, 0.3) is 0 Å². The highest BCUT2D eigenvalue weighted by atomic mass is 16.2. The first-order valence-corrected chi connectivity index (χ1v) is 9.32. The van der Waals surface area contributed by atoms with Gasteiger partial charge < -0.3 is 9.80 Å². The van der Waals surface area contributed by atoms with E-state index in [0.717, 1.165) is 51.2 Å². The van der Waals surface area contributed by atoms with Crippen LogP contribution in [-0.4, -0.2) is 48.3 Å². The maximum absolute atomic E-state index is 12.4. The number of fused-ring (bicyclic) bond motifs is 1. The van der Waals surface area contributed by atoms with E-state index in [1.54, 1.807) is 4.90 Å². The minimum atomic E-state index is 0.201. The molecule has 0 N–H and O–H groups in total. The molecule has 0 aromatic carbocycles. The Hall–Kier alpha value is -1.32. The van der Waals surface area contributed by atoms with Crippen molar-refractivity contribution < 1.29 is 9.59 Å². The van der Waals surface area contributed by atoms with Crippen LogP contribution in [0, 0.1) is 5.92 Å². The summed E-state index contributed by atoms with van der Waals surface area (Å²) < 4.78 is 0. The van der Waals surface area contributed by atoms with Crippen molar-refractivity contribution in [3.8, 4) is 0 Å². The van der Waals surface area contributed by atoms with Gasteiger partial charge >= 0.3 is 0 Å². The summed E-state index contributed by atoms with van der Waals surface area (Å²) in [5.74, 6) is 1.20. The number of hydrogen-bond acceptors (Lipinski definition) is 2. The second kappa shape index (κ2) is 9.09. The fourth-order valence-corrected chi connectivity index (χ4v) is 3.71. The van der Waals surface area contributed by atoms with Gasteiger partial charge in [-0.15, -0.1) is 0 Å². The Bertz CT molecular complexity index is 445. The zero-order valence-electron chi connectivity index (χ0n) is 14.9. The Kier molecular flexibility index (Phi) is 7.13. The minimum Gasteiger partial charge on any atom is -0.346 e. The van der Waals surface area contributed by atoms with Crippen LogP contribution in [-0.2, 0) is 9.59 Å². The normalized spacial score (nSPS) is 20.7. The van der Waals surface area contributed by atoms with Gasteiger partial charge in [-0.05, 0) is 50.9 Å². The fraction of sp³-hybridized carbons (Fsp3) is 0.789. The molecule has 1 heterocycles. The topological polar surface area (TPSA) is 40.6 Å². The second-order valence-electron chi connectivity index (χ2n) is 7.03. The Morgan fingerprint density at radius 3 is 2.83 bits per heavy atom. The van der Waals surface area contributed by atoms with Gasteiger partial charge in [-0.3, -0.25) is 9.59 Å². The molecule has 2 amide bonds. The van der Waals surface area contributed by atoms with Crippen LogP contribution < -0.4 is 0 Å². The summed E-state index contributed by atoms with van der Waals surface area (Å²) in [4.78, 5) is 28.0. The first-order chi connectivity index (χ1) is 11.1. The molecule has 23 heavy (non-hydrogen) atoms. The van der Waals surface area contributed by atoms with Crippen LogP contribution >= 0.6 is 0 Å². The number of likely N-dealkylation sites (tertiary alicyclic amines) is 1. The molecular weight excluding hydrogens is 288 g/mol. The second-order valence-corrected chi connectivity index (χ2v) is 7.03. The average molecular weight is 320 g/mol. The standard InChI is InChI=1S/C19H32N2O2/c1-3-13-20(2)18(22)10-6-7-11-19(23)21-14-12-16-8-4-5-9-17(16)15-21/h9,16H,3-8,10-15H2,1-2H3. The Balaban J connectivity index is 1.65.